The van der Waals surface area contributed by atoms with Crippen molar-refractivity contribution >= 4 is 39.4 Å². The van der Waals surface area contributed by atoms with Gasteiger partial charge >= 0.3 is 5.97 Å². The zero-order valence-electron chi connectivity index (χ0n) is 9.91. The molecule has 4 nitrogen and oxygen atoms in total. The van der Waals surface area contributed by atoms with Crippen LogP contribution in [0.5, 0.6) is 0 Å². The van der Waals surface area contributed by atoms with Gasteiger partial charge in [0.1, 0.15) is 6.04 Å². The summed E-state index contributed by atoms with van der Waals surface area (Å²) in [5.41, 5.74) is 0.314. The average molecular weight is 335 g/mol. The van der Waals surface area contributed by atoms with Crippen LogP contribution in [0.25, 0.3) is 0 Å². The van der Waals surface area contributed by atoms with Crippen molar-refractivity contribution in [1.82, 2.24) is 5.32 Å². The quantitative estimate of drug-likeness (QED) is 0.889. The van der Waals surface area contributed by atoms with Crippen molar-refractivity contribution in [1.29, 1.82) is 0 Å². The maximum atomic E-state index is 12.0. The fourth-order valence-electron chi connectivity index (χ4n) is 1.40. The third-order valence-electron chi connectivity index (χ3n) is 2.39. The van der Waals surface area contributed by atoms with Crippen LogP contribution in [0.1, 0.15) is 24.2 Å². The van der Waals surface area contributed by atoms with Crippen LogP contribution >= 0.6 is 27.5 Å². The summed E-state index contributed by atoms with van der Waals surface area (Å²) in [6, 6.07) is 3.84. The van der Waals surface area contributed by atoms with Crippen LogP contribution in [0.15, 0.2) is 22.7 Å². The Morgan fingerprint density at radius 2 is 2.00 bits per heavy atom. The number of benzene rings is 1. The van der Waals surface area contributed by atoms with Crippen molar-refractivity contribution in [3.05, 3.63) is 33.3 Å². The first-order valence-electron chi connectivity index (χ1n) is 5.31. The van der Waals surface area contributed by atoms with Crippen LogP contribution in [0.3, 0.4) is 0 Å². The molecule has 1 atom stereocenters. The zero-order valence-corrected chi connectivity index (χ0v) is 12.2. The molecule has 1 amide bonds. The highest BCUT2D eigenvalue weighted by Crippen LogP contribution is 2.21. The van der Waals surface area contributed by atoms with E-state index in [1.165, 1.54) is 6.07 Å². The van der Waals surface area contributed by atoms with Crippen LogP contribution in [-0.2, 0) is 4.79 Å². The number of carbonyl (C=O) groups is 2. The molecule has 0 bridgehead atoms. The van der Waals surface area contributed by atoms with Gasteiger partial charge in [-0.05, 0) is 40.0 Å². The van der Waals surface area contributed by atoms with E-state index in [0.29, 0.717) is 15.1 Å². The Hall–Kier alpha value is -1.07. The van der Waals surface area contributed by atoms with Crippen molar-refractivity contribution in [2.45, 2.75) is 19.9 Å². The Labute approximate surface area is 118 Å². The lowest BCUT2D eigenvalue weighted by molar-refractivity contribution is -0.140. The van der Waals surface area contributed by atoms with Gasteiger partial charge in [0.05, 0.1) is 5.56 Å². The summed E-state index contributed by atoms with van der Waals surface area (Å²) in [5.74, 6) is -1.73. The minimum absolute atomic E-state index is 0.204. The molecule has 0 spiro atoms. The number of hydrogen-bond donors (Lipinski definition) is 2. The smallest absolute Gasteiger partial charge is 0.326 e. The summed E-state index contributed by atoms with van der Waals surface area (Å²) in [5, 5.41) is 11.9. The number of rotatable bonds is 4. The molecule has 0 aliphatic heterocycles. The number of carboxylic acid groups (broad SMARTS) is 1. The molecule has 6 heteroatoms. The van der Waals surface area contributed by atoms with Gasteiger partial charge in [-0.15, -0.1) is 0 Å². The summed E-state index contributed by atoms with van der Waals surface area (Å²) in [6.45, 7) is 3.46. The van der Waals surface area contributed by atoms with Crippen molar-refractivity contribution in [2.75, 3.05) is 0 Å². The molecule has 0 unspecified atom stereocenters. The lowest BCUT2D eigenvalue weighted by Crippen LogP contribution is -2.44. The molecule has 0 fully saturated rings. The van der Waals surface area contributed by atoms with Crippen LogP contribution in [0, 0.1) is 5.92 Å². The molecule has 1 aromatic carbocycles. The fourth-order valence-corrected chi connectivity index (χ4v) is 2.00. The fraction of sp³-hybridized carbons (Fsp3) is 0.333. The van der Waals surface area contributed by atoms with Gasteiger partial charge in [0.2, 0.25) is 0 Å². The van der Waals surface area contributed by atoms with Crippen molar-refractivity contribution in [2.24, 2.45) is 5.92 Å². The molecule has 0 heterocycles. The van der Waals surface area contributed by atoms with Gasteiger partial charge < -0.3 is 10.4 Å². The van der Waals surface area contributed by atoms with E-state index in [1.54, 1.807) is 26.0 Å². The van der Waals surface area contributed by atoms with E-state index in [0.717, 1.165) is 0 Å². The molecule has 1 aromatic rings. The Kier molecular flexibility index (Phi) is 5.16. The number of aliphatic carboxylic acids is 1. The van der Waals surface area contributed by atoms with Crippen LogP contribution in [0.2, 0.25) is 5.02 Å². The van der Waals surface area contributed by atoms with Crippen LogP contribution in [0.4, 0.5) is 0 Å². The van der Waals surface area contributed by atoms with Gasteiger partial charge in [0.15, 0.2) is 0 Å². The Morgan fingerprint density at radius 1 is 1.39 bits per heavy atom. The number of hydrogen-bond acceptors (Lipinski definition) is 2. The Balaban J connectivity index is 2.94. The molecule has 0 radical (unpaired) electrons. The van der Waals surface area contributed by atoms with Gasteiger partial charge in [-0.2, -0.15) is 0 Å². The molecule has 0 aromatic heterocycles. The summed E-state index contributed by atoms with van der Waals surface area (Å²) >= 11 is 9.03. The molecule has 2 N–H and O–H groups in total. The molecular weight excluding hydrogens is 321 g/mol. The molecule has 98 valence electrons. The van der Waals surface area contributed by atoms with Crippen molar-refractivity contribution in [3.63, 3.8) is 0 Å². The summed E-state index contributed by atoms with van der Waals surface area (Å²) in [6.07, 6.45) is 0. The average Bonchev–Trinajstić information content (AvgIpc) is 2.28. The van der Waals surface area contributed by atoms with Gasteiger partial charge in [-0.1, -0.05) is 25.4 Å². The third kappa shape index (κ3) is 3.71. The minimum Gasteiger partial charge on any atom is -0.480 e. The second-order valence-corrected chi connectivity index (χ2v) is 5.45. The molecule has 0 saturated heterocycles. The highest BCUT2D eigenvalue weighted by Gasteiger charge is 2.24. The molecule has 1 rings (SSSR count). The molecule has 0 aliphatic carbocycles. The predicted octanol–water partition coefficient (Wildman–Crippen LogP) is 2.94. The number of amides is 1. The second-order valence-electron chi connectivity index (χ2n) is 4.16. The number of halogens is 2. The SMILES string of the molecule is CC(C)[C@@H](NC(=O)c1cc(Cl)ccc1Br)C(=O)O. The van der Waals surface area contributed by atoms with Gasteiger partial charge in [0.25, 0.3) is 5.91 Å². The van der Waals surface area contributed by atoms with E-state index in [9.17, 15) is 9.59 Å². The Morgan fingerprint density at radius 3 is 2.50 bits per heavy atom. The molecule has 0 saturated carbocycles. The normalized spacial score (nSPS) is 12.3. The van der Waals surface area contributed by atoms with E-state index in [-0.39, 0.29) is 5.92 Å². The van der Waals surface area contributed by atoms with Crippen LogP contribution in [-0.4, -0.2) is 23.0 Å². The molecular formula is C12H13BrClNO3. The topological polar surface area (TPSA) is 66.4 Å². The number of carbonyl (C=O) groups excluding carboxylic acids is 1. The zero-order chi connectivity index (χ0) is 13.9. The first-order chi connectivity index (χ1) is 8.32. The summed E-state index contributed by atoms with van der Waals surface area (Å²) < 4.78 is 0.567. The molecule has 0 aliphatic rings. The Bertz CT molecular complexity index is 476. The van der Waals surface area contributed by atoms with Gasteiger partial charge in [0, 0.05) is 9.50 Å². The first-order valence-corrected chi connectivity index (χ1v) is 6.48. The highest BCUT2D eigenvalue weighted by atomic mass is 79.9. The summed E-state index contributed by atoms with van der Waals surface area (Å²) in [4.78, 5) is 23.0. The van der Waals surface area contributed by atoms with E-state index >= 15 is 0 Å². The number of carboxylic acids is 1. The van der Waals surface area contributed by atoms with E-state index in [1.807, 2.05) is 0 Å². The van der Waals surface area contributed by atoms with E-state index in [2.05, 4.69) is 21.2 Å². The molecule has 18 heavy (non-hydrogen) atoms. The maximum Gasteiger partial charge on any atom is 0.326 e. The minimum atomic E-state index is -1.06. The maximum absolute atomic E-state index is 12.0. The first kappa shape index (κ1) is 15.0. The van der Waals surface area contributed by atoms with Crippen LogP contribution < -0.4 is 5.32 Å². The third-order valence-corrected chi connectivity index (χ3v) is 3.32. The van der Waals surface area contributed by atoms with Gasteiger partial charge in [-0.25, -0.2) is 4.79 Å². The standard InChI is InChI=1S/C12H13BrClNO3/c1-6(2)10(12(17)18)15-11(16)8-5-7(14)3-4-9(8)13/h3-6,10H,1-2H3,(H,15,16)(H,17,18)/t10-/m1/s1. The van der Waals surface area contributed by atoms with E-state index in [4.69, 9.17) is 16.7 Å². The lowest BCUT2D eigenvalue weighted by Gasteiger charge is -2.18. The number of nitrogens with one attached hydrogen (secondary N) is 1. The highest BCUT2D eigenvalue weighted by molar-refractivity contribution is 9.10. The largest absolute Gasteiger partial charge is 0.480 e. The lowest BCUT2D eigenvalue weighted by atomic mass is 10.0. The van der Waals surface area contributed by atoms with Crippen molar-refractivity contribution < 1.29 is 14.7 Å². The summed E-state index contributed by atoms with van der Waals surface area (Å²) in [7, 11) is 0. The van der Waals surface area contributed by atoms with E-state index < -0.39 is 17.9 Å². The monoisotopic (exact) mass is 333 g/mol. The predicted molar refractivity (Wildman–Crippen MR) is 72.9 cm³/mol. The second kappa shape index (κ2) is 6.20. The van der Waals surface area contributed by atoms with Gasteiger partial charge in [-0.3, -0.25) is 4.79 Å². The van der Waals surface area contributed by atoms with Crippen molar-refractivity contribution in [3.8, 4) is 0 Å².